The van der Waals surface area contributed by atoms with Gasteiger partial charge in [-0.2, -0.15) is 10.1 Å². The summed E-state index contributed by atoms with van der Waals surface area (Å²) in [6.45, 7) is 5.70. The molecule has 0 saturated carbocycles. The van der Waals surface area contributed by atoms with Crippen LogP contribution >= 0.6 is 0 Å². The molecule has 10 nitrogen and oxygen atoms in total. The Morgan fingerprint density at radius 3 is 2.76 bits per heavy atom. The van der Waals surface area contributed by atoms with E-state index in [9.17, 15) is 4.79 Å². The molecule has 3 heterocycles. The van der Waals surface area contributed by atoms with Crippen LogP contribution < -0.4 is 16.6 Å². The average Bonchev–Trinajstić information content (AvgIpc) is 3.11. The van der Waals surface area contributed by atoms with E-state index in [1.807, 2.05) is 36.9 Å². The summed E-state index contributed by atoms with van der Waals surface area (Å²) >= 11 is 0. The molecule has 0 atom stereocenters. The highest BCUT2D eigenvalue weighted by Crippen LogP contribution is 2.28. The van der Waals surface area contributed by atoms with Crippen molar-refractivity contribution in [3.05, 3.63) is 76.9 Å². The molecule has 174 valence electrons. The van der Waals surface area contributed by atoms with Crippen molar-refractivity contribution in [2.24, 2.45) is 17.8 Å². The lowest BCUT2D eigenvalue weighted by molar-refractivity contribution is 0.286. The van der Waals surface area contributed by atoms with Crippen molar-refractivity contribution in [1.29, 1.82) is 0 Å². The molecule has 0 aliphatic heterocycles. The number of benzene rings is 1. The molecule has 3 aromatic heterocycles. The van der Waals surface area contributed by atoms with Crippen LogP contribution in [0.15, 0.2) is 65.0 Å². The number of ether oxygens (including phenoxy) is 2. The second-order valence-corrected chi connectivity index (χ2v) is 7.49. The predicted octanol–water partition coefficient (Wildman–Crippen LogP) is 3.32. The largest absolute Gasteiger partial charge is 0.481 e. The van der Waals surface area contributed by atoms with Crippen molar-refractivity contribution in [2.45, 2.75) is 6.92 Å². The first-order valence-corrected chi connectivity index (χ1v) is 10.4. The minimum absolute atomic E-state index is 0.144. The maximum atomic E-state index is 12.7. The molecule has 4 rings (SSSR count). The van der Waals surface area contributed by atoms with Crippen molar-refractivity contribution in [1.82, 2.24) is 19.7 Å². The second-order valence-electron chi connectivity index (χ2n) is 7.49. The van der Waals surface area contributed by atoms with Gasteiger partial charge in [-0.05, 0) is 49.2 Å². The molecule has 4 aromatic rings. The second kappa shape index (κ2) is 9.10. The summed E-state index contributed by atoms with van der Waals surface area (Å²) in [7, 11) is 4.81. The van der Waals surface area contributed by atoms with Gasteiger partial charge in [0.05, 0.1) is 36.4 Å². The lowest BCUT2D eigenvalue weighted by atomic mass is 10.1. The molecular formula is C24H25N7O3. The zero-order valence-electron chi connectivity index (χ0n) is 19.3. The van der Waals surface area contributed by atoms with Gasteiger partial charge in [0.2, 0.25) is 11.8 Å². The quantitative estimate of drug-likeness (QED) is 0.229. The number of aromatic nitrogens is 4. The van der Waals surface area contributed by atoms with Gasteiger partial charge in [0.1, 0.15) is 5.82 Å². The van der Waals surface area contributed by atoms with Crippen molar-refractivity contribution in [2.75, 3.05) is 19.5 Å². The van der Waals surface area contributed by atoms with Gasteiger partial charge in [-0.15, -0.1) is 0 Å². The zero-order chi connectivity index (χ0) is 24.4. The topological polar surface area (TPSA) is 132 Å². The van der Waals surface area contributed by atoms with Crippen molar-refractivity contribution >= 4 is 44.7 Å². The maximum Gasteiger partial charge on any atom is 0.259 e. The summed E-state index contributed by atoms with van der Waals surface area (Å²) in [6, 6.07) is 9.32. The molecule has 0 bridgehead atoms. The van der Waals surface area contributed by atoms with Gasteiger partial charge in [0.25, 0.3) is 5.56 Å². The van der Waals surface area contributed by atoms with Gasteiger partial charge in [0, 0.05) is 36.2 Å². The first-order valence-electron chi connectivity index (χ1n) is 10.4. The normalized spacial score (nSPS) is 12.2. The fourth-order valence-corrected chi connectivity index (χ4v) is 3.63. The predicted molar refractivity (Wildman–Crippen MR) is 134 cm³/mol. The monoisotopic (exact) mass is 459 g/mol. The van der Waals surface area contributed by atoms with Crippen LogP contribution in [-0.4, -0.2) is 39.9 Å². The number of pyridine rings is 2. The Hall–Kier alpha value is -4.60. The number of nitrogens with two attached hydrogens (primary N) is 1. The third-order valence-electron chi connectivity index (χ3n) is 5.48. The highest BCUT2D eigenvalue weighted by molar-refractivity contribution is 6.20. The first kappa shape index (κ1) is 22.6. The molecule has 10 heteroatoms. The zero-order valence-corrected chi connectivity index (χ0v) is 19.3. The van der Waals surface area contributed by atoms with E-state index in [2.05, 4.69) is 27.0 Å². The number of rotatable bonds is 6. The summed E-state index contributed by atoms with van der Waals surface area (Å²) in [4.78, 5) is 24.3. The minimum atomic E-state index is -0.277. The molecule has 1 aromatic carbocycles. The summed E-state index contributed by atoms with van der Waals surface area (Å²) < 4.78 is 12.3. The molecular weight excluding hydrogens is 434 g/mol. The molecule has 0 fully saturated rings. The van der Waals surface area contributed by atoms with Crippen molar-refractivity contribution < 1.29 is 9.47 Å². The number of methoxy groups -OCH3 is 2. The summed E-state index contributed by atoms with van der Waals surface area (Å²) in [5.41, 5.74) is 9.11. The van der Waals surface area contributed by atoms with Crippen LogP contribution in [0.3, 0.4) is 0 Å². The highest BCUT2D eigenvalue weighted by Gasteiger charge is 2.18. The van der Waals surface area contributed by atoms with Crippen LogP contribution in [-0.2, 0) is 16.5 Å². The van der Waals surface area contributed by atoms with E-state index in [0.717, 1.165) is 22.3 Å². The standard InChI is InChI=1S/C24H25N7O3/c1-13-17-7-6-16(11-20(17)30-31(13)3)28-22-21-15(8-9-26-23(21)32)10-19(29-22)18(12-25)24(34-5)27-14(2)33-4/h6-12H,2,25H2,1,3-5H3,(H,26,32)(H,28,29)/b18-12-,27-24?. The molecule has 0 radical (unpaired) electrons. The van der Waals surface area contributed by atoms with Crippen LogP contribution in [0.5, 0.6) is 0 Å². The number of aromatic amines is 1. The van der Waals surface area contributed by atoms with Gasteiger partial charge >= 0.3 is 0 Å². The van der Waals surface area contributed by atoms with E-state index in [1.54, 1.807) is 18.3 Å². The molecule has 0 saturated heterocycles. The SMILES string of the molecule is C=C(N=C(OC)/C(=C\N)c1cc2cc[nH]c(=O)c2c(Nc2ccc3c(C)n(C)nc3c2)n1)OC. The Kier molecular flexibility index (Phi) is 6.05. The molecule has 0 spiro atoms. The fourth-order valence-electron chi connectivity index (χ4n) is 3.63. The summed E-state index contributed by atoms with van der Waals surface area (Å²) in [5, 5.41) is 9.90. The molecule has 0 aliphatic carbocycles. The fraction of sp³-hybridized carbons (Fsp3) is 0.167. The lowest BCUT2D eigenvalue weighted by Crippen LogP contribution is -2.13. The minimum Gasteiger partial charge on any atom is -0.481 e. The van der Waals surface area contributed by atoms with Gasteiger partial charge in [-0.3, -0.25) is 9.48 Å². The Labute approximate surface area is 195 Å². The number of anilines is 2. The van der Waals surface area contributed by atoms with Gasteiger partial charge in [-0.25, -0.2) is 4.98 Å². The lowest BCUT2D eigenvalue weighted by Gasteiger charge is -2.14. The summed E-state index contributed by atoms with van der Waals surface area (Å²) in [6.07, 6.45) is 2.91. The number of nitrogens with zero attached hydrogens (tertiary/aromatic N) is 4. The van der Waals surface area contributed by atoms with E-state index in [1.165, 1.54) is 20.4 Å². The van der Waals surface area contributed by atoms with Crippen LogP contribution in [0.4, 0.5) is 11.5 Å². The van der Waals surface area contributed by atoms with E-state index >= 15 is 0 Å². The van der Waals surface area contributed by atoms with Crippen molar-refractivity contribution in [3.63, 3.8) is 0 Å². The highest BCUT2D eigenvalue weighted by atomic mass is 16.5. The van der Waals surface area contributed by atoms with Gasteiger partial charge in [-0.1, -0.05) is 0 Å². The Balaban J connectivity index is 1.87. The number of fused-ring (bicyclic) bond motifs is 2. The molecule has 0 unspecified atom stereocenters. The molecule has 34 heavy (non-hydrogen) atoms. The Bertz CT molecular complexity index is 1530. The number of H-pyrrole nitrogens is 1. The van der Waals surface area contributed by atoms with Crippen LogP contribution in [0.25, 0.3) is 27.2 Å². The van der Waals surface area contributed by atoms with Crippen LogP contribution in [0.1, 0.15) is 11.4 Å². The molecule has 4 N–H and O–H groups in total. The Morgan fingerprint density at radius 2 is 2.06 bits per heavy atom. The van der Waals surface area contributed by atoms with Gasteiger partial charge < -0.3 is 25.5 Å². The molecule has 0 amide bonds. The van der Waals surface area contributed by atoms with E-state index in [0.29, 0.717) is 27.9 Å². The Morgan fingerprint density at radius 1 is 1.26 bits per heavy atom. The third kappa shape index (κ3) is 4.08. The van der Waals surface area contributed by atoms with E-state index in [-0.39, 0.29) is 17.3 Å². The number of aliphatic imine (C=N–C) groups is 1. The van der Waals surface area contributed by atoms with Crippen LogP contribution in [0, 0.1) is 6.92 Å². The maximum absolute atomic E-state index is 12.7. The summed E-state index contributed by atoms with van der Waals surface area (Å²) in [5.74, 6) is 0.662. The number of hydrogen-bond acceptors (Lipinski definition) is 8. The first-order chi connectivity index (χ1) is 16.4. The van der Waals surface area contributed by atoms with E-state index in [4.69, 9.17) is 20.2 Å². The smallest absolute Gasteiger partial charge is 0.259 e. The number of nitrogens with one attached hydrogen (secondary N) is 2. The van der Waals surface area contributed by atoms with Crippen LogP contribution in [0.2, 0.25) is 0 Å². The van der Waals surface area contributed by atoms with Crippen molar-refractivity contribution in [3.8, 4) is 0 Å². The van der Waals surface area contributed by atoms with Gasteiger partial charge in [0.15, 0.2) is 0 Å². The third-order valence-corrected chi connectivity index (χ3v) is 5.48. The number of aryl methyl sites for hydroxylation is 2. The van der Waals surface area contributed by atoms with E-state index < -0.39 is 0 Å². The molecule has 0 aliphatic rings. The number of hydrogen-bond donors (Lipinski definition) is 3. The average molecular weight is 460 g/mol.